The van der Waals surface area contributed by atoms with Gasteiger partial charge in [0.15, 0.2) is 0 Å². The maximum atomic E-state index is 12.6. The van der Waals surface area contributed by atoms with Gasteiger partial charge in [0.25, 0.3) is 0 Å². The van der Waals surface area contributed by atoms with Gasteiger partial charge in [-0.15, -0.1) is 0 Å². The van der Waals surface area contributed by atoms with Crippen molar-refractivity contribution in [2.45, 2.75) is 19.4 Å². The van der Waals surface area contributed by atoms with Gasteiger partial charge < -0.3 is 15.1 Å². The summed E-state index contributed by atoms with van der Waals surface area (Å²) in [6.07, 6.45) is 4.20. The standard InChI is InChI=1S/C21H26ClN5O/c22-18-5-3-4-17(14-18)16-25-10-12-27(13-11-25)21(28)24-19-6-7-20(23-15-19)26-8-1-2-9-26/h3-7,14-15H,1-2,8-13,16H2,(H,24,28). The first-order valence-corrected chi connectivity index (χ1v) is 10.3. The SMILES string of the molecule is O=C(Nc1ccc(N2CCCC2)nc1)N1CCN(Cc2cccc(Cl)c2)CC1. The maximum absolute atomic E-state index is 12.6. The smallest absolute Gasteiger partial charge is 0.321 e. The molecule has 1 aromatic carbocycles. The van der Waals surface area contributed by atoms with E-state index in [9.17, 15) is 4.79 Å². The molecule has 1 N–H and O–H groups in total. The van der Waals surface area contributed by atoms with Gasteiger partial charge in [0, 0.05) is 50.8 Å². The highest BCUT2D eigenvalue weighted by molar-refractivity contribution is 6.30. The van der Waals surface area contributed by atoms with Crippen LogP contribution in [0.2, 0.25) is 5.02 Å². The summed E-state index contributed by atoms with van der Waals surface area (Å²) in [6.45, 7) is 6.13. The zero-order valence-corrected chi connectivity index (χ0v) is 16.7. The number of hydrogen-bond donors (Lipinski definition) is 1. The highest BCUT2D eigenvalue weighted by atomic mass is 35.5. The fourth-order valence-corrected chi connectivity index (χ4v) is 4.01. The summed E-state index contributed by atoms with van der Waals surface area (Å²) in [5, 5.41) is 3.74. The van der Waals surface area contributed by atoms with Crippen molar-refractivity contribution in [3.05, 3.63) is 53.2 Å². The van der Waals surface area contributed by atoms with Crippen molar-refractivity contribution in [1.29, 1.82) is 0 Å². The molecule has 7 heteroatoms. The second kappa shape index (κ2) is 8.80. The first-order chi connectivity index (χ1) is 13.7. The number of piperazine rings is 1. The minimum absolute atomic E-state index is 0.0573. The van der Waals surface area contributed by atoms with E-state index in [4.69, 9.17) is 11.6 Å². The Morgan fingerprint density at radius 2 is 1.82 bits per heavy atom. The molecule has 0 unspecified atom stereocenters. The molecule has 0 saturated carbocycles. The van der Waals surface area contributed by atoms with Gasteiger partial charge in [-0.05, 0) is 42.7 Å². The average Bonchev–Trinajstić information content (AvgIpc) is 3.24. The Hall–Kier alpha value is -2.31. The fraction of sp³-hybridized carbons (Fsp3) is 0.429. The largest absolute Gasteiger partial charge is 0.357 e. The van der Waals surface area contributed by atoms with E-state index in [1.807, 2.05) is 35.2 Å². The lowest BCUT2D eigenvalue weighted by Gasteiger charge is -2.34. The molecule has 2 aromatic rings. The number of nitrogens with one attached hydrogen (secondary N) is 1. The van der Waals surface area contributed by atoms with Crippen LogP contribution in [0.15, 0.2) is 42.6 Å². The van der Waals surface area contributed by atoms with E-state index in [0.29, 0.717) is 13.1 Å². The number of carbonyl (C=O) groups is 1. The van der Waals surface area contributed by atoms with Crippen molar-refractivity contribution in [2.24, 2.45) is 0 Å². The molecule has 0 spiro atoms. The van der Waals surface area contributed by atoms with E-state index < -0.39 is 0 Å². The van der Waals surface area contributed by atoms with Crippen LogP contribution in [-0.4, -0.2) is 60.1 Å². The van der Waals surface area contributed by atoms with Crippen LogP contribution in [-0.2, 0) is 6.54 Å². The van der Waals surface area contributed by atoms with Gasteiger partial charge in [-0.2, -0.15) is 0 Å². The van der Waals surface area contributed by atoms with Gasteiger partial charge in [-0.25, -0.2) is 9.78 Å². The maximum Gasteiger partial charge on any atom is 0.321 e. The summed E-state index contributed by atoms with van der Waals surface area (Å²) < 4.78 is 0. The second-order valence-corrected chi connectivity index (χ2v) is 7.86. The zero-order valence-electron chi connectivity index (χ0n) is 16.0. The number of nitrogens with zero attached hydrogens (tertiary/aromatic N) is 4. The van der Waals surface area contributed by atoms with Crippen LogP contribution < -0.4 is 10.2 Å². The Bertz CT molecular complexity index is 799. The van der Waals surface area contributed by atoms with Crippen LogP contribution >= 0.6 is 11.6 Å². The first kappa shape index (κ1) is 19.0. The molecule has 2 saturated heterocycles. The Labute approximate surface area is 171 Å². The van der Waals surface area contributed by atoms with E-state index in [0.717, 1.165) is 49.3 Å². The molecule has 2 amide bonds. The summed E-state index contributed by atoms with van der Waals surface area (Å²) in [5.41, 5.74) is 1.95. The van der Waals surface area contributed by atoms with Crippen LogP contribution in [0.3, 0.4) is 0 Å². The number of rotatable bonds is 4. The highest BCUT2D eigenvalue weighted by Crippen LogP contribution is 2.19. The lowest BCUT2D eigenvalue weighted by Crippen LogP contribution is -2.49. The number of urea groups is 1. The topological polar surface area (TPSA) is 51.7 Å². The molecule has 2 aliphatic heterocycles. The second-order valence-electron chi connectivity index (χ2n) is 7.42. The zero-order chi connectivity index (χ0) is 19.3. The van der Waals surface area contributed by atoms with Gasteiger partial charge in [-0.1, -0.05) is 23.7 Å². The van der Waals surface area contributed by atoms with Crippen molar-refractivity contribution in [3.8, 4) is 0 Å². The third kappa shape index (κ3) is 4.75. The lowest BCUT2D eigenvalue weighted by atomic mass is 10.2. The molecule has 0 atom stereocenters. The number of aromatic nitrogens is 1. The van der Waals surface area contributed by atoms with E-state index in [1.165, 1.54) is 18.4 Å². The summed E-state index contributed by atoms with van der Waals surface area (Å²) in [5.74, 6) is 0.991. The number of pyridine rings is 1. The lowest BCUT2D eigenvalue weighted by molar-refractivity contribution is 0.143. The van der Waals surface area contributed by atoms with E-state index in [2.05, 4.69) is 26.2 Å². The number of amides is 2. The van der Waals surface area contributed by atoms with Crippen molar-refractivity contribution >= 4 is 29.1 Å². The molecule has 2 aliphatic rings. The van der Waals surface area contributed by atoms with Gasteiger partial charge in [0.1, 0.15) is 5.82 Å². The third-order valence-electron chi connectivity index (χ3n) is 5.38. The van der Waals surface area contributed by atoms with Crippen LogP contribution in [0.5, 0.6) is 0 Å². The molecule has 0 aliphatic carbocycles. The molecule has 28 heavy (non-hydrogen) atoms. The molecular formula is C21H26ClN5O. The van der Waals surface area contributed by atoms with E-state index >= 15 is 0 Å². The number of hydrogen-bond acceptors (Lipinski definition) is 4. The van der Waals surface area contributed by atoms with Gasteiger partial charge in [0.2, 0.25) is 0 Å². The monoisotopic (exact) mass is 399 g/mol. The number of halogens is 1. The number of carbonyl (C=O) groups excluding carboxylic acids is 1. The number of anilines is 2. The Balaban J connectivity index is 1.25. The van der Waals surface area contributed by atoms with Crippen molar-refractivity contribution in [2.75, 3.05) is 49.5 Å². The quantitative estimate of drug-likeness (QED) is 0.851. The Kier molecular flexibility index (Phi) is 5.98. The highest BCUT2D eigenvalue weighted by Gasteiger charge is 2.21. The van der Waals surface area contributed by atoms with Crippen molar-refractivity contribution < 1.29 is 4.79 Å². The van der Waals surface area contributed by atoms with Gasteiger partial charge >= 0.3 is 6.03 Å². The summed E-state index contributed by atoms with van der Waals surface area (Å²) in [6, 6.07) is 11.8. The Morgan fingerprint density at radius 1 is 1.04 bits per heavy atom. The predicted octanol–water partition coefficient (Wildman–Crippen LogP) is 3.68. The fourth-order valence-electron chi connectivity index (χ4n) is 3.80. The Morgan fingerprint density at radius 3 is 2.50 bits per heavy atom. The van der Waals surface area contributed by atoms with Crippen LogP contribution in [0, 0.1) is 0 Å². The predicted molar refractivity (Wildman–Crippen MR) is 113 cm³/mol. The molecule has 0 bridgehead atoms. The molecule has 2 fully saturated rings. The van der Waals surface area contributed by atoms with Crippen LogP contribution in [0.4, 0.5) is 16.3 Å². The van der Waals surface area contributed by atoms with Crippen LogP contribution in [0.25, 0.3) is 0 Å². The number of benzene rings is 1. The minimum Gasteiger partial charge on any atom is -0.357 e. The molecule has 1 aromatic heterocycles. The molecule has 148 valence electrons. The molecule has 0 radical (unpaired) electrons. The molecule has 4 rings (SSSR count). The van der Waals surface area contributed by atoms with Gasteiger partial charge in [0.05, 0.1) is 11.9 Å². The van der Waals surface area contributed by atoms with Gasteiger partial charge in [-0.3, -0.25) is 4.90 Å². The first-order valence-electron chi connectivity index (χ1n) is 9.91. The average molecular weight is 400 g/mol. The molecule has 6 nitrogen and oxygen atoms in total. The minimum atomic E-state index is -0.0573. The summed E-state index contributed by atoms with van der Waals surface area (Å²) >= 11 is 6.06. The van der Waals surface area contributed by atoms with E-state index in [1.54, 1.807) is 6.20 Å². The molecule has 3 heterocycles. The summed E-state index contributed by atoms with van der Waals surface area (Å²) in [4.78, 5) is 23.6. The normalized spacial score (nSPS) is 17.8. The summed E-state index contributed by atoms with van der Waals surface area (Å²) in [7, 11) is 0. The van der Waals surface area contributed by atoms with Crippen molar-refractivity contribution in [3.63, 3.8) is 0 Å². The van der Waals surface area contributed by atoms with Crippen LogP contribution in [0.1, 0.15) is 18.4 Å². The van der Waals surface area contributed by atoms with E-state index in [-0.39, 0.29) is 6.03 Å². The van der Waals surface area contributed by atoms with Crippen molar-refractivity contribution in [1.82, 2.24) is 14.8 Å². The molecular weight excluding hydrogens is 374 g/mol. The third-order valence-corrected chi connectivity index (χ3v) is 5.62.